The third-order valence-electron chi connectivity index (χ3n) is 6.36. The van der Waals surface area contributed by atoms with E-state index >= 15 is 0 Å². The lowest BCUT2D eigenvalue weighted by atomic mass is 9.98. The molecule has 196 valence electrons. The fourth-order valence-electron chi connectivity index (χ4n) is 4.50. The van der Waals surface area contributed by atoms with E-state index in [9.17, 15) is 8.42 Å². The summed E-state index contributed by atoms with van der Waals surface area (Å²) in [6.45, 7) is 0. The number of para-hydroxylation sites is 1. The van der Waals surface area contributed by atoms with Crippen LogP contribution in [0.3, 0.4) is 0 Å². The maximum absolute atomic E-state index is 14.4. The van der Waals surface area contributed by atoms with E-state index in [2.05, 4.69) is 10.5 Å². The van der Waals surface area contributed by atoms with Crippen molar-refractivity contribution in [1.29, 1.82) is 5.41 Å². The van der Waals surface area contributed by atoms with Crippen molar-refractivity contribution in [3.05, 3.63) is 77.3 Å². The molecule has 1 aromatic heterocycles. The number of rotatable bonds is 8. The summed E-state index contributed by atoms with van der Waals surface area (Å²) in [5.41, 5.74) is 11.0. The van der Waals surface area contributed by atoms with Gasteiger partial charge >= 0.3 is 0 Å². The van der Waals surface area contributed by atoms with Crippen LogP contribution in [0.2, 0.25) is 5.02 Å². The molecular formula is C27H26ClN5O4S. The molecule has 1 aliphatic rings. The Balaban J connectivity index is 1.88. The van der Waals surface area contributed by atoms with Crippen molar-refractivity contribution in [3.63, 3.8) is 0 Å². The summed E-state index contributed by atoms with van der Waals surface area (Å²) in [5.74, 6) is 0.499. The third-order valence-corrected chi connectivity index (χ3v) is 8.32. The number of nitrogens with zero attached hydrogens (tertiary/aromatic N) is 2. The van der Waals surface area contributed by atoms with Crippen molar-refractivity contribution in [2.45, 2.75) is 17.7 Å². The van der Waals surface area contributed by atoms with Gasteiger partial charge in [-0.1, -0.05) is 41.9 Å². The number of hydrogen-bond donors (Lipinski definition) is 3. The van der Waals surface area contributed by atoms with Crippen molar-refractivity contribution in [2.75, 3.05) is 14.2 Å². The number of methoxy groups -OCH3 is 2. The van der Waals surface area contributed by atoms with Gasteiger partial charge in [0.05, 0.1) is 36.0 Å². The fourth-order valence-corrected chi connectivity index (χ4v) is 6.19. The van der Waals surface area contributed by atoms with Crippen LogP contribution in [-0.4, -0.2) is 38.3 Å². The second-order valence-corrected chi connectivity index (χ2v) is 11.1. The lowest BCUT2D eigenvalue weighted by Gasteiger charge is -2.16. The van der Waals surface area contributed by atoms with Crippen molar-refractivity contribution in [3.8, 4) is 22.8 Å². The second-order valence-electron chi connectivity index (χ2n) is 8.83. The minimum Gasteiger partial charge on any atom is -0.493 e. The number of hydrazone groups is 1. The topological polar surface area (TPSA) is 132 Å². The molecule has 9 nitrogen and oxygen atoms in total. The number of fused-ring (bicyclic) bond motifs is 1. The highest BCUT2D eigenvalue weighted by atomic mass is 35.5. The SMILES string of the molecule is COc1ccc(S(=O)(=O)n2c(-c3ccc(Cl)cc3)c(/C(=N\NC(=N)N)C3CC3)c3ccccc32)cc1OC. The van der Waals surface area contributed by atoms with Crippen molar-refractivity contribution in [2.24, 2.45) is 16.8 Å². The van der Waals surface area contributed by atoms with Gasteiger partial charge in [-0.2, -0.15) is 5.10 Å². The van der Waals surface area contributed by atoms with E-state index in [1.165, 1.54) is 30.3 Å². The molecule has 0 saturated heterocycles. The average molecular weight is 552 g/mol. The zero-order valence-corrected chi connectivity index (χ0v) is 22.3. The molecule has 1 heterocycles. The number of guanidine groups is 1. The van der Waals surface area contributed by atoms with Gasteiger partial charge in [0.25, 0.3) is 10.0 Å². The molecule has 1 aliphatic carbocycles. The first-order valence-corrected chi connectivity index (χ1v) is 13.6. The Hall–Kier alpha value is -4.02. The molecule has 4 aromatic rings. The maximum atomic E-state index is 14.4. The minimum absolute atomic E-state index is 0.0319. The molecule has 5 rings (SSSR count). The molecule has 0 atom stereocenters. The van der Waals surface area contributed by atoms with Gasteiger partial charge < -0.3 is 15.2 Å². The van der Waals surface area contributed by atoms with E-state index in [1.807, 2.05) is 12.1 Å². The van der Waals surface area contributed by atoms with E-state index in [1.54, 1.807) is 42.5 Å². The Morgan fingerprint density at radius 1 is 1.05 bits per heavy atom. The number of benzene rings is 3. The smallest absolute Gasteiger partial charge is 0.268 e. The van der Waals surface area contributed by atoms with E-state index in [0.717, 1.165) is 12.8 Å². The predicted molar refractivity (Wildman–Crippen MR) is 149 cm³/mol. The summed E-state index contributed by atoms with van der Waals surface area (Å²) < 4.78 is 40.8. The quantitative estimate of drug-likeness (QED) is 0.163. The zero-order valence-electron chi connectivity index (χ0n) is 20.7. The number of halogens is 1. The summed E-state index contributed by atoms with van der Waals surface area (Å²) in [4.78, 5) is 0.0319. The predicted octanol–water partition coefficient (Wildman–Crippen LogP) is 4.81. The summed E-state index contributed by atoms with van der Waals surface area (Å²) in [6, 6.07) is 18.8. The minimum atomic E-state index is -4.16. The number of nitrogens with one attached hydrogen (secondary N) is 2. The standard InChI is InChI=1S/C27H26ClN5O4S/c1-36-22-14-13-19(15-23(22)37-2)38(34,35)33-21-6-4-3-5-20(21)24(25(16-7-8-16)31-32-27(29)30)26(33)17-9-11-18(28)12-10-17/h3-6,9-16H,7-8H2,1-2H3,(H4,29,30,32)/b31-25-. The molecular weight excluding hydrogens is 526 g/mol. The van der Waals surface area contributed by atoms with Gasteiger partial charge in [-0.3, -0.25) is 5.41 Å². The van der Waals surface area contributed by atoms with Gasteiger partial charge in [0.1, 0.15) is 0 Å². The van der Waals surface area contributed by atoms with Crippen LogP contribution in [0.25, 0.3) is 22.2 Å². The largest absolute Gasteiger partial charge is 0.493 e. The number of hydrogen-bond acceptors (Lipinski definition) is 6. The van der Waals surface area contributed by atoms with E-state index < -0.39 is 10.0 Å². The van der Waals surface area contributed by atoms with E-state index in [-0.39, 0.29) is 16.8 Å². The van der Waals surface area contributed by atoms with Crippen LogP contribution in [0.15, 0.2) is 76.7 Å². The van der Waals surface area contributed by atoms with Crippen molar-refractivity contribution >= 4 is 44.2 Å². The molecule has 0 spiro atoms. The molecule has 0 radical (unpaired) electrons. The number of ether oxygens (including phenoxy) is 2. The summed E-state index contributed by atoms with van der Waals surface area (Å²) in [5, 5.41) is 13.3. The lowest BCUT2D eigenvalue weighted by molar-refractivity contribution is 0.354. The van der Waals surface area contributed by atoms with Crippen molar-refractivity contribution < 1.29 is 17.9 Å². The maximum Gasteiger partial charge on any atom is 0.268 e. The van der Waals surface area contributed by atoms with Crippen LogP contribution in [0.4, 0.5) is 0 Å². The monoisotopic (exact) mass is 551 g/mol. The zero-order chi connectivity index (χ0) is 27.0. The molecule has 1 saturated carbocycles. The molecule has 0 bridgehead atoms. The molecule has 4 N–H and O–H groups in total. The Kier molecular flexibility index (Phi) is 6.77. The molecule has 3 aromatic carbocycles. The third kappa shape index (κ3) is 4.57. The molecule has 38 heavy (non-hydrogen) atoms. The van der Waals surface area contributed by atoms with Crippen LogP contribution in [0.1, 0.15) is 18.4 Å². The van der Waals surface area contributed by atoms with Crippen molar-refractivity contribution in [1.82, 2.24) is 9.40 Å². The molecule has 11 heteroatoms. The summed E-state index contributed by atoms with van der Waals surface area (Å²) in [7, 11) is -1.21. The van der Waals surface area contributed by atoms with Crippen LogP contribution >= 0.6 is 11.6 Å². The first kappa shape index (κ1) is 25.6. The Bertz CT molecular complexity index is 1680. The number of aromatic nitrogens is 1. The first-order valence-electron chi connectivity index (χ1n) is 11.8. The van der Waals surface area contributed by atoms with Crippen LogP contribution in [0.5, 0.6) is 11.5 Å². The highest BCUT2D eigenvalue weighted by Crippen LogP contribution is 2.43. The van der Waals surface area contributed by atoms with Gasteiger partial charge in [-0.05, 0) is 43.2 Å². The summed E-state index contributed by atoms with van der Waals surface area (Å²) in [6.07, 6.45) is 1.78. The Labute approximate surface area is 225 Å². The number of nitrogens with two attached hydrogens (primary N) is 1. The van der Waals surface area contributed by atoms with Gasteiger partial charge in [0.2, 0.25) is 5.96 Å². The average Bonchev–Trinajstić information content (AvgIpc) is 3.69. The van der Waals surface area contributed by atoms with E-state index in [0.29, 0.717) is 50.0 Å². The first-order chi connectivity index (χ1) is 18.3. The Morgan fingerprint density at radius 2 is 1.74 bits per heavy atom. The second kappa shape index (κ2) is 10.0. The molecule has 1 fully saturated rings. The van der Waals surface area contributed by atoms with Gasteiger partial charge in [-0.25, -0.2) is 17.8 Å². The highest BCUT2D eigenvalue weighted by molar-refractivity contribution is 7.90. The molecule has 0 unspecified atom stereocenters. The van der Waals surface area contributed by atoms with Gasteiger partial charge in [-0.15, -0.1) is 0 Å². The Morgan fingerprint density at radius 3 is 2.37 bits per heavy atom. The molecule has 0 amide bonds. The van der Waals surface area contributed by atoms with Crippen LogP contribution < -0.4 is 20.6 Å². The van der Waals surface area contributed by atoms with Crippen LogP contribution in [-0.2, 0) is 10.0 Å². The highest BCUT2D eigenvalue weighted by Gasteiger charge is 2.36. The van der Waals surface area contributed by atoms with Crippen LogP contribution in [0, 0.1) is 11.3 Å². The lowest BCUT2D eigenvalue weighted by Crippen LogP contribution is -2.27. The molecule has 0 aliphatic heterocycles. The van der Waals surface area contributed by atoms with Gasteiger partial charge in [0.15, 0.2) is 11.5 Å². The normalized spacial score (nSPS) is 13.9. The summed E-state index contributed by atoms with van der Waals surface area (Å²) >= 11 is 6.19. The van der Waals surface area contributed by atoms with Gasteiger partial charge in [0, 0.05) is 33.5 Å². The fraction of sp³-hybridized carbons (Fsp3) is 0.185. The van der Waals surface area contributed by atoms with E-state index in [4.69, 9.17) is 32.2 Å².